The van der Waals surface area contributed by atoms with Crippen LogP contribution in [0, 0.1) is 11.3 Å². The van der Waals surface area contributed by atoms with Gasteiger partial charge in [-0.25, -0.2) is 0 Å². The van der Waals surface area contributed by atoms with Crippen molar-refractivity contribution >= 4 is 5.91 Å². The number of carbonyl (C=O) groups is 1. The highest BCUT2D eigenvalue weighted by molar-refractivity contribution is 5.75. The summed E-state index contributed by atoms with van der Waals surface area (Å²) < 4.78 is 5.45. The van der Waals surface area contributed by atoms with Gasteiger partial charge in [0.2, 0.25) is 5.91 Å². The van der Waals surface area contributed by atoms with E-state index in [1.165, 1.54) is 5.56 Å². The zero-order valence-corrected chi connectivity index (χ0v) is 11.9. The van der Waals surface area contributed by atoms with Gasteiger partial charge in [0.1, 0.15) is 0 Å². The number of carbonyl (C=O) groups excluding carboxylic acids is 1. The Hall–Kier alpha value is -1.93. The zero-order valence-electron chi connectivity index (χ0n) is 11.9. The Kier molecular flexibility index (Phi) is 8.01. The minimum absolute atomic E-state index is 0.0226. The highest BCUT2D eigenvalue weighted by Gasteiger charge is 2.07. The van der Waals surface area contributed by atoms with Crippen LogP contribution in [0.1, 0.15) is 24.8 Å². The van der Waals surface area contributed by atoms with Gasteiger partial charge < -0.3 is 9.64 Å². The summed E-state index contributed by atoms with van der Waals surface area (Å²) in [6.45, 7) is 1.57. The van der Waals surface area contributed by atoms with Gasteiger partial charge in [-0.1, -0.05) is 0 Å². The van der Waals surface area contributed by atoms with Crippen molar-refractivity contribution in [2.75, 3.05) is 26.8 Å². The molecule has 5 heteroatoms. The van der Waals surface area contributed by atoms with E-state index in [4.69, 9.17) is 10.00 Å². The van der Waals surface area contributed by atoms with Crippen LogP contribution in [-0.4, -0.2) is 42.6 Å². The van der Waals surface area contributed by atoms with Crippen molar-refractivity contribution in [2.24, 2.45) is 0 Å². The number of nitriles is 1. The molecule has 0 aromatic carbocycles. The zero-order chi connectivity index (χ0) is 14.6. The molecule has 0 aliphatic rings. The predicted molar refractivity (Wildman–Crippen MR) is 75.9 cm³/mol. The van der Waals surface area contributed by atoms with Gasteiger partial charge in [-0.15, -0.1) is 0 Å². The quantitative estimate of drug-likeness (QED) is 0.644. The van der Waals surface area contributed by atoms with E-state index < -0.39 is 0 Å². The number of ether oxygens (including phenoxy) is 1. The normalized spacial score (nSPS) is 10.0. The van der Waals surface area contributed by atoms with E-state index in [9.17, 15) is 4.79 Å². The van der Waals surface area contributed by atoms with Crippen LogP contribution in [0.25, 0.3) is 0 Å². The number of aryl methyl sites for hydroxylation is 1. The van der Waals surface area contributed by atoms with Crippen molar-refractivity contribution in [1.82, 2.24) is 9.88 Å². The van der Waals surface area contributed by atoms with Crippen LogP contribution in [0.4, 0.5) is 0 Å². The lowest BCUT2D eigenvalue weighted by atomic mass is 10.1. The SMILES string of the molecule is CN(CCC#N)C(=O)CCOCCCc1ccncc1. The molecule has 0 aliphatic heterocycles. The Balaban J connectivity index is 2.02. The van der Waals surface area contributed by atoms with Gasteiger partial charge in [0, 0.05) is 32.6 Å². The molecular weight excluding hydrogens is 254 g/mol. The first-order valence-corrected chi connectivity index (χ1v) is 6.81. The lowest BCUT2D eigenvalue weighted by Crippen LogP contribution is -2.28. The second-order valence-electron chi connectivity index (χ2n) is 4.54. The van der Waals surface area contributed by atoms with Gasteiger partial charge in [0.05, 0.1) is 25.5 Å². The monoisotopic (exact) mass is 275 g/mol. The summed E-state index contributed by atoms with van der Waals surface area (Å²) in [6, 6.07) is 6.01. The third kappa shape index (κ3) is 6.86. The maximum Gasteiger partial charge on any atom is 0.224 e. The number of nitrogens with zero attached hydrogens (tertiary/aromatic N) is 3. The molecule has 1 heterocycles. The van der Waals surface area contributed by atoms with E-state index in [0.717, 1.165) is 12.8 Å². The van der Waals surface area contributed by atoms with E-state index in [-0.39, 0.29) is 5.91 Å². The van der Waals surface area contributed by atoms with Gasteiger partial charge in [0.15, 0.2) is 0 Å². The first-order chi connectivity index (χ1) is 9.74. The number of amides is 1. The molecule has 0 saturated heterocycles. The molecule has 0 aliphatic carbocycles. The third-order valence-corrected chi connectivity index (χ3v) is 2.95. The van der Waals surface area contributed by atoms with Crippen molar-refractivity contribution in [3.05, 3.63) is 30.1 Å². The van der Waals surface area contributed by atoms with Crippen LogP contribution in [0.15, 0.2) is 24.5 Å². The van der Waals surface area contributed by atoms with Crippen LogP contribution in [-0.2, 0) is 16.0 Å². The van der Waals surface area contributed by atoms with Gasteiger partial charge >= 0.3 is 0 Å². The van der Waals surface area contributed by atoms with Crippen LogP contribution in [0.2, 0.25) is 0 Å². The summed E-state index contributed by atoms with van der Waals surface area (Å²) in [5.74, 6) is 0.0226. The lowest BCUT2D eigenvalue weighted by Gasteiger charge is -2.15. The molecule has 0 spiro atoms. The van der Waals surface area contributed by atoms with E-state index in [1.807, 2.05) is 18.2 Å². The lowest BCUT2D eigenvalue weighted by molar-refractivity contribution is -0.130. The number of hydrogen-bond acceptors (Lipinski definition) is 4. The second kappa shape index (κ2) is 9.93. The smallest absolute Gasteiger partial charge is 0.224 e. The van der Waals surface area contributed by atoms with Crippen LogP contribution < -0.4 is 0 Å². The molecule has 0 unspecified atom stereocenters. The van der Waals surface area contributed by atoms with Crippen molar-refractivity contribution in [1.29, 1.82) is 5.26 Å². The average Bonchev–Trinajstić information content (AvgIpc) is 2.49. The Morgan fingerprint density at radius 3 is 2.85 bits per heavy atom. The Morgan fingerprint density at radius 1 is 1.40 bits per heavy atom. The van der Waals surface area contributed by atoms with Gasteiger partial charge in [-0.2, -0.15) is 5.26 Å². The highest BCUT2D eigenvalue weighted by Crippen LogP contribution is 2.01. The predicted octanol–water partition coefficient (Wildman–Crippen LogP) is 1.79. The molecule has 0 fully saturated rings. The Bertz CT molecular complexity index is 428. The second-order valence-corrected chi connectivity index (χ2v) is 4.54. The maximum absolute atomic E-state index is 11.6. The van der Waals surface area contributed by atoms with Crippen LogP contribution in [0.5, 0.6) is 0 Å². The molecule has 1 amide bonds. The van der Waals surface area contributed by atoms with Crippen molar-refractivity contribution < 1.29 is 9.53 Å². The molecule has 0 radical (unpaired) electrons. The molecule has 0 saturated carbocycles. The Labute approximate surface area is 120 Å². The summed E-state index contributed by atoms with van der Waals surface area (Å²) in [6.07, 6.45) is 6.20. The minimum Gasteiger partial charge on any atom is -0.381 e. The fraction of sp³-hybridized carbons (Fsp3) is 0.533. The number of pyridine rings is 1. The van der Waals surface area contributed by atoms with E-state index in [1.54, 1.807) is 24.3 Å². The number of hydrogen-bond donors (Lipinski definition) is 0. The number of aromatic nitrogens is 1. The van der Waals surface area contributed by atoms with Crippen LogP contribution in [0.3, 0.4) is 0 Å². The van der Waals surface area contributed by atoms with Gasteiger partial charge in [0.25, 0.3) is 0 Å². The summed E-state index contributed by atoms with van der Waals surface area (Å²) in [4.78, 5) is 17.2. The van der Waals surface area contributed by atoms with E-state index in [2.05, 4.69) is 4.98 Å². The summed E-state index contributed by atoms with van der Waals surface area (Å²) in [5.41, 5.74) is 1.25. The molecule has 20 heavy (non-hydrogen) atoms. The topological polar surface area (TPSA) is 66.2 Å². The van der Waals surface area contributed by atoms with Crippen LogP contribution >= 0.6 is 0 Å². The fourth-order valence-corrected chi connectivity index (χ4v) is 1.72. The summed E-state index contributed by atoms with van der Waals surface area (Å²) in [5, 5.41) is 8.45. The molecule has 1 aromatic rings. The maximum atomic E-state index is 11.6. The minimum atomic E-state index is 0.0226. The van der Waals surface area contributed by atoms with E-state index >= 15 is 0 Å². The first-order valence-electron chi connectivity index (χ1n) is 6.81. The molecule has 0 N–H and O–H groups in total. The number of rotatable bonds is 9. The standard InChI is InChI=1S/C15H21N3O2/c1-18(11-3-8-16)15(19)7-13-20-12-2-4-14-5-9-17-10-6-14/h5-6,9-10H,2-4,7,11-13H2,1H3. The molecular formula is C15H21N3O2. The summed E-state index contributed by atoms with van der Waals surface area (Å²) in [7, 11) is 1.71. The largest absolute Gasteiger partial charge is 0.381 e. The summed E-state index contributed by atoms with van der Waals surface area (Å²) >= 11 is 0. The molecule has 1 rings (SSSR count). The van der Waals surface area contributed by atoms with Gasteiger partial charge in [-0.3, -0.25) is 9.78 Å². The molecule has 0 atom stereocenters. The van der Waals surface area contributed by atoms with Crippen molar-refractivity contribution in [3.8, 4) is 6.07 Å². The van der Waals surface area contributed by atoms with Crippen molar-refractivity contribution in [2.45, 2.75) is 25.7 Å². The van der Waals surface area contributed by atoms with Gasteiger partial charge in [-0.05, 0) is 30.5 Å². The third-order valence-electron chi connectivity index (χ3n) is 2.95. The molecule has 5 nitrogen and oxygen atoms in total. The Morgan fingerprint density at radius 2 is 2.15 bits per heavy atom. The molecule has 108 valence electrons. The van der Waals surface area contributed by atoms with Crippen molar-refractivity contribution in [3.63, 3.8) is 0 Å². The molecule has 1 aromatic heterocycles. The first kappa shape index (κ1) is 16.1. The van der Waals surface area contributed by atoms with E-state index in [0.29, 0.717) is 32.6 Å². The fourth-order valence-electron chi connectivity index (χ4n) is 1.72. The highest BCUT2D eigenvalue weighted by atomic mass is 16.5. The molecule has 0 bridgehead atoms. The average molecular weight is 275 g/mol.